The lowest BCUT2D eigenvalue weighted by atomic mass is 10.3. The molecule has 3 nitrogen and oxygen atoms in total. The Kier molecular flexibility index (Phi) is 2.76. The van der Waals surface area contributed by atoms with E-state index in [2.05, 4.69) is 12.6 Å². The van der Waals surface area contributed by atoms with Gasteiger partial charge in [0.05, 0.1) is 5.25 Å². The van der Waals surface area contributed by atoms with Crippen LogP contribution >= 0.6 is 12.6 Å². The molecule has 3 N–H and O–H groups in total. The lowest BCUT2D eigenvalue weighted by Crippen LogP contribution is -2.37. The third kappa shape index (κ3) is 2.52. The predicted octanol–water partition coefficient (Wildman–Crippen LogP) is -0.674. The fourth-order valence-corrected chi connectivity index (χ4v) is 0.274. The fourth-order valence-electron chi connectivity index (χ4n) is 0.274. The van der Waals surface area contributed by atoms with Crippen LogP contribution in [0.2, 0.25) is 0 Å². The van der Waals surface area contributed by atoms with Gasteiger partial charge in [0, 0.05) is 0 Å². The molecular weight excluding hydrogens is 128 g/mol. The summed E-state index contributed by atoms with van der Waals surface area (Å²) < 4.78 is 0. The SMILES string of the molecule is CCC(S)C(O)(O)O. The lowest BCUT2D eigenvalue weighted by molar-refractivity contribution is -0.309. The molecule has 0 amide bonds. The largest absolute Gasteiger partial charge is 0.343 e. The first kappa shape index (κ1) is 8.23. The van der Waals surface area contributed by atoms with Crippen molar-refractivity contribution in [3.8, 4) is 0 Å². The molecule has 0 aliphatic rings. The molecule has 1 atom stereocenters. The number of hydrogen-bond donors (Lipinski definition) is 4. The van der Waals surface area contributed by atoms with Crippen molar-refractivity contribution >= 4 is 12.6 Å². The Hall–Kier alpha value is 0.230. The quantitative estimate of drug-likeness (QED) is 0.302. The average molecular weight is 138 g/mol. The van der Waals surface area contributed by atoms with Crippen LogP contribution < -0.4 is 0 Å². The van der Waals surface area contributed by atoms with Crippen LogP contribution in [0.3, 0.4) is 0 Å². The van der Waals surface area contributed by atoms with E-state index in [0.717, 1.165) is 0 Å². The molecule has 0 aliphatic carbocycles. The van der Waals surface area contributed by atoms with Crippen molar-refractivity contribution in [2.24, 2.45) is 0 Å². The Morgan fingerprint density at radius 3 is 1.88 bits per heavy atom. The van der Waals surface area contributed by atoms with Gasteiger partial charge in [-0.15, -0.1) is 0 Å². The third-order valence-corrected chi connectivity index (χ3v) is 1.55. The van der Waals surface area contributed by atoms with Crippen LogP contribution in [-0.2, 0) is 0 Å². The molecule has 0 fully saturated rings. The third-order valence-electron chi connectivity index (χ3n) is 0.834. The maximum absolute atomic E-state index is 8.32. The molecule has 8 heavy (non-hydrogen) atoms. The Morgan fingerprint density at radius 1 is 1.50 bits per heavy atom. The van der Waals surface area contributed by atoms with Gasteiger partial charge in [-0.2, -0.15) is 12.6 Å². The van der Waals surface area contributed by atoms with Crippen molar-refractivity contribution in [1.82, 2.24) is 0 Å². The van der Waals surface area contributed by atoms with E-state index in [-0.39, 0.29) is 0 Å². The molecule has 0 heterocycles. The molecule has 0 spiro atoms. The van der Waals surface area contributed by atoms with Gasteiger partial charge in [0.1, 0.15) is 0 Å². The van der Waals surface area contributed by atoms with Crippen molar-refractivity contribution in [2.75, 3.05) is 0 Å². The molecule has 0 rings (SSSR count). The highest BCUT2D eigenvalue weighted by atomic mass is 32.1. The van der Waals surface area contributed by atoms with Crippen molar-refractivity contribution < 1.29 is 15.3 Å². The zero-order valence-electron chi connectivity index (χ0n) is 4.57. The Labute approximate surface area is 53.4 Å². The number of hydrogen-bond acceptors (Lipinski definition) is 4. The molecule has 0 aromatic rings. The van der Waals surface area contributed by atoms with Gasteiger partial charge in [0.15, 0.2) is 0 Å². The molecule has 0 saturated heterocycles. The minimum Gasteiger partial charge on any atom is -0.343 e. The maximum atomic E-state index is 8.32. The van der Waals surface area contributed by atoms with Crippen LogP contribution in [0, 0.1) is 0 Å². The molecule has 0 aliphatic heterocycles. The van der Waals surface area contributed by atoms with Crippen LogP contribution in [0.4, 0.5) is 0 Å². The summed E-state index contributed by atoms with van der Waals surface area (Å²) in [5.74, 6) is -2.63. The van der Waals surface area contributed by atoms with Crippen molar-refractivity contribution in [1.29, 1.82) is 0 Å². The Morgan fingerprint density at radius 2 is 1.88 bits per heavy atom. The van der Waals surface area contributed by atoms with Crippen molar-refractivity contribution in [2.45, 2.75) is 24.6 Å². The van der Waals surface area contributed by atoms with Crippen molar-refractivity contribution in [3.63, 3.8) is 0 Å². The molecule has 1 unspecified atom stereocenters. The van der Waals surface area contributed by atoms with Gasteiger partial charge in [-0.05, 0) is 6.42 Å². The fraction of sp³-hybridized carbons (Fsp3) is 1.00. The zero-order valence-corrected chi connectivity index (χ0v) is 5.47. The highest BCUT2D eigenvalue weighted by Gasteiger charge is 2.26. The van der Waals surface area contributed by atoms with Gasteiger partial charge in [0.25, 0.3) is 5.97 Å². The second-order valence-electron chi connectivity index (χ2n) is 1.61. The zero-order chi connectivity index (χ0) is 6.78. The van der Waals surface area contributed by atoms with Crippen LogP contribution in [0.5, 0.6) is 0 Å². The first-order valence-corrected chi connectivity index (χ1v) is 2.85. The highest BCUT2D eigenvalue weighted by molar-refractivity contribution is 7.81. The summed E-state index contributed by atoms with van der Waals surface area (Å²) >= 11 is 3.66. The summed E-state index contributed by atoms with van der Waals surface area (Å²) in [7, 11) is 0. The summed E-state index contributed by atoms with van der Waals surface area (Å²) in [5.41, 5.74) is 0. The molecule has 0 saturated carbocycles. The van der Waals surface area contributed by atoms with Gasteiger partial charge in [0.2, 0.25) is 0 Å². The van der Waals surface area contributed by atoms with Crippen molar-refractivity contribution in [3.05, 3.63) is 0 Å². The molecule has 0 radical (unpaired) electrons. The van der Waals surface area contributed by atoms with Gasteiger partial charge < -0.3 is 15.3 Å². The van der Waals surface area contributed by atoms with E-state index < -0.39 is 11.2 Å². The molecule has 0 bridgehead atoms. The average Bonchev–Trinajstić information content (AvgIpc) is 1.62. The second kappa shape index (κ2) is 2.68. The summed E-state index contributed by atoms with van der Waals surface area (Å²) in [6, 6.07) is 0. The van der Waals surface area contributed by atoms with Crippen LogP contribution in [0.25, 0.3) is 0 Å². The Balaban J connectivity index is 3.62. The van der Waals surface area contributed by atoms with Crippen LogP contribution in [0.1, 0.15) is 13.3 Å². The van der Waals surface area contributed by atoms with E-state index >= 15 is 0 Å². The summed E-state index contributed by atoms with van der Waals surface area (Å²) in [4.78, 5) is 0. The Bertz CT molecular complexity index is 68.2. The number of aliphatic hydroxyl groups is 3. The molecule has 4 heteroatoms. The number of thiol groups is 1. The molecular formula is C4H10O3S. The van der Waals surface area contributed by atoms with E-state index in [0.29, 0.717) is 6.42 Å². The van der Waals surface area contributed by atoms with E-state index in [1.54, 1.807) is 6.92 Å². The monoisotopic (exact) mass is 138 g/mol. The van der Waals surface area contributed by atoms with Gasteiger partial charge in [-0.1, -0.05) is 6.92 Å². The standard InChI is InChI=1S/C4H10O3S/c1-2-3(8)4(5,6)7/h3,5-8H,2H2,1H3. The predicted molar refractivity (Wildman–Crippen MR) is 32.5 cm³/mol. The van der Waals surface area contributed by atoms with Crippen LogP contribution in [0.15, 0.2) is 0 Å². The summed E-state index contributed by atoms with van der Waals surface area (Å²) in [6.45, 7) is 1.69. The maximum Gasteiger partial charge on any atom is 0.287 e. The summed E-state index contributed by atoms with van der Waals surface area (Å²) in [5, 5.41) is 24.2. The second-order valence-corrected chi connectivity index (χ2v) is 2.23. The number of rotatable bonds is 2. The minimum absolute atomic E-state index is 0.409. The van der Waals surface area contributed by atoms with Gasteiger partial charge in [-0.25, -0.2) is 0 Å². The van der Waals surface area contributed by atoms with E-state index in [1.165, 1.54) is 0 Å². The molecule has 50 valence electrons. The van der Waals surface area contributed by atoms with E-state index in [1.807, 2.05) is 0 Å². The first-order chi connectivity index (χ1) is 3.48. The molecule has 0 aromatic heterocycles. The lowest BCUT2D eigenvalue weighted by Gasteiger charge is -2.19. The minimum atomic E-state index is -2.63. The molecule has 0 aromatic carbocycles. The topological polar surface area (TPSA) is 60.7 Å². The normalized spacial score (nSPS) is 16.1. The smallest absolute Gasteiger partial charge is 0.287 e. The van der Waals surface area contributed by atoms with Gasteiger partial charge in [-0.3, -0.25) is 0 Å². The van der Waals surface area contributed by atoms with Gasteiger partial charge >= 0.3 is 0 Å². The summed E-state index contributed by atoms with van der Waals surface area (Å²) in [6.07, 6.45) is 0.409. The van der Waals surface area contributed by atoms with E-state index in [4.69, 9.17) is 15.3 Å². The first-order valence-electron chi connectivity index (χ1n) is 2.33. The highest BCUT2D eigenvalue weighted by Crippen LogP contribution is 2.11. The van der Waals surface area contributed by atoms with E-state index in [9.17, 15) is 0 Å². The van der Waals surface area contributed by atoms with Crippen LogP contribution in [-0.4, -0.2) is 26.5 Å².